The van der Waals surface area contributed by atoms with E-state index < -0.39 is 0 Å². The molecule has 1 aliphatic rings. The summed E-state index contributed by atoms with van der Waals surface area (Å²) in [6.45, 7) is 0.546. The number of nitrogens with two attached hydrogens (primary N) is 1. The van der Waals surface area contributed by atoms with Crippen LogP contribution in [0.15, 0.2) is 78.9 Å². The second-order valence-electron chi connectivity index (χ2n) is 7.16. The van der Waals surface area contributed by atoms with Crippen molar-refractivity contribution in [3.63, 3.8) is 0 Å². The first-order chi connectivity index (χ1) is 15.1. The standard InChI is InChI=1S/C24H22N4O3/c25-17-11-13-19(14-12-17)28(18-7-2-1-3-8-18)24(31)26-15-6-16-27-22(29)20-9-4-5-10-21(20)23(27)30/h1-5,7-14H,6,15-16,25H2,(H,26,31). The topological polar surface area (TPSA) is 95.7 Å². The van der Waals surface area contributed by atoms with Crippen LogP contribution < -0.4 is 16.0 Å². The number of anilines is 3. The summed E-state index contributed by atoms with van der Waals surface area (Å²) in [6, 6.07) is 22.8. The van der Waals surface area contributed by atoms with Crippen molar-refractivity contribution in [2.24, 2.45) is 0 Å². The molecule has 0 saturated heterocycles. The number of imide groups is 1. The van der Waals surface area contributed by atoms with Crippen molar-refractivity contribution in [2.75, 3.05) is 23.7 Å². The molecule has 0 bridgehead atoms. The quantitative estimate of drug-likeness (QED) is 0.364. The summed E-state index contributed by atoms with van der Waals surface area (Å²) >= 11 is 0. The van der Waals surface area contributed by atoms with Gasteiger partial charge in [0.15, 0.2) is 0 Å². The minimum absolute atomic E-state index is 0.236. The minimum Gasteiger partial charge on any atom is -0.399 e. The van der Waals surface area contributed by atoms with Gasteiger partial charge in [-0.15, -0.1) is 0 Å². The Kier molecular flexibility index (Phi) is 5.66. The molecular weight excluding hydrogens is 392 g/mol. The fraction of sp³-hybridized carbons (Fsp3) is 0.125. The van der Waals surface area contributed by atoms with Gasteiger partial charge in [-0.05, 0) is 55.0 Å². The van der Waals surface area contributed by atoms with Crippen LogP contribution in [0.25, 0.3) is 0 Å². The molecule has 1 aliphatic heterocycles. The van der Waals surface area contributed by atoms with E-state index in [1.165, 1.54) is 4.90 Å². The van der Waals surface area contributed by atoms with Crippen molar-refractivity contribution >= 4 is 34.9 Å². The predicted octanol–water partition coefficient (Wildman–Crippen LogP) is 3.80. The SMILES string of the molecule is Nc1ccc(N(C(=O)NCCCN2C(=O)c3ccccc3C2=O)c2ccccc2)cc1. The Morgan fingerprint density at radius 3 is 1.97 bits per heavy atom. The lowest BCUT2D eigenvalue weighted by molar-refractivity contribution is 0.0653. The summed E-state index contributed by atoms with van der Waals surface area (Å²) in [6.07, 6.45) is 0.446. The lowest BCUT2D eigenvalue weighted by Gasteiger charge is -2.24. The van der Waals surface area contributed by atoms with Crippen molar-refractivity contribution in [2.45, 2.75) is 6.42 Å². The number of nitrogens with zero attached hydrogens (tertiary/aromatic N) is 2. The van der Waals surface area contributed by atoms with E-state index in [0.29, 0.717) is 41.2 Å². The molecule has 4 rings (SSSR count). The van der Waals surface area contributed by atoms with E-state index in [1.807, 2.05) is 30.3 Å². The predicted molar refractivity (Wildman–Crippen MR) is 119 cm³/mol. The van der Waals surface area contributed by atoms with Gasteiger partial charge < -0.3 is 11.1 Å². The van der Waals surface area contributed by atoms with Gasteiger partial charge in [-0.25, -0.2) is 4.79 Å². The monoisotopic (exact) mass is 414 g/mol. The van der Waals surface area contributed by atoms with Crippen LogP contribution in [0, 0.1) is 0 Å². The number of amides is 4. The molecule has 7 heteroatoms. The van der Waals surface area contributed by atoms with Crippen LogP contribution in [-0.4, -0.2) is 35.8 Å². The highest BCUT2D eigenvalue weighted by molar-refractivity contribution is 6.21. The van der Waals surface area contributed by atoms with Gasteiger partial charge in [-0.2, -0.15) is 0 Å². The Labute approximate surface area is 180 Å². The molecule has 0 spiro atoms. The third kappa shape index (κ3) is 4.11. The van der Waals surface area contributed by atoms with Crippen molar-refractivity contribution < 1.29 is 14.4 Å². The number of nitrogens with one attached hydrogen (secondary N) is 1. The van der Waals surface area contributed by atoms with Crippen molar-refractivity contribution in [1.82, 2.24) is 10.2 Å². The maximum atomic E-state index is 13.0. The summed E-state index contributed by atoms with van der Waals surface area (Å²) in [4.78, 5) is 40.6. The normalized spacial score (nSPS) is 12.6. The van der Waals surface area contributed by atoms with E-state index in [9.17, 15) is 14.4 Å². The van der Waals surface area contributed by atoms with Crippen LogP contribution in [0.4, 0.5) is 21.9 Å². The Morgan fingerprint density at radius 1 is 0.806 bits per heavy atom. The van der Waals surface area contributed by atoms with Gasteiger partial charge in [0.25, 0.3) is 11.8 Å². The summed E-state index contributed by atoms with van der Waals surface area (Å²) in [5.74, 6) is -0.584. The molecule has 0 atom stereocenters. The largest absolute Gasteiger partial charge is 0.399 e. The van der Waals surface area contributed by atoms with Crippen molar-refractivity contribution in [1.29, 1.82) is 0 Å². The number of para-hydroxylation sites is 1. The second-order valence-corrected chi connectivity index (χ2v) is 7.16. The maximum absolute atomic E-state index is 13.0. The van der Waals surface area contributed by atoms with Gasteiger partial charge in [0.05, 0.1) is 22.5 Å². The van der Waals surface area contributed by atoms with Crippen LogP contribution >= 0.6 is 0 Å². The average molecular weight is 414 g/mol. The zero-order valence-electron chi connectivity index (χ0n) is 16.8. The van der Waals surface area contributed by atoms with Crippen LogP contribution in [-0.2, 0) is 0 Å². The van der Waals surface area contributed by atoms with Crippen LogP contribution in [0.1, 0.15) is 27.1 Å². The highest BCUT2D eigenvalue weighted by Crippen LogP contribution is 2.26. The molecule has 3 aromatic rings. The van der Waals surface area contributed by atoms with Crippen LogP contribution in [0.3, 0.4) is 0 Å². The Bertz CT molecular complexity index is 1080. The first kappa shape index (κ1) is 20.2. The highest BCUT2D eigenvalue weighted by atomic mass is 16.2. The van der Waals surface area contributed by atoms with E-state index in [2.05, 4.69) is 5.32 Å². The summed E-state index contributed by atoms with van der Waals surface area (Å²) in [5, 5.41) is 2.88. The van der Waals surface area contributed by atoms with Gasteiger partial charge in [0, 0.05) is 18.8 Å². The third-order valence-electron chi connectivity index (χ3n) is 5.08. The van der Waals surface area contributed by atoms with E-state index in [1.54, 1.807) is 53.4 Å². The van der Waals surface area contributed by atoms with Crippen molar-refractivity contribution in [3.8, 4) is 0 Å². The second kappa shape index (κ2) is 8.71. The average Bonchev–Trinajstić information content (AvgIpc) is 3.04. The molecule has 3 aromatic carbocycles. The molecule has 0 fully saturated rings. The molecule has 31 heavy (non-hydrogen) atoms. The summed E-state index contributed by atoms with van der Waals surface area (Å²) < 4.78 is 0. The maximum Gasteiger partial charge on any atom is 0.326 e. The molecule has 3 N–H and O–H groups in total. The fourth-order valence-electron chi connectivity index (χ4n) is 3.54. The highest BCUT2D eigenvalue weighted by Gasteiger charge is 2.34. The van der Waals surface area contributed by atoms with E-state index >= 15 is 0 Å². The molecule has 0 radical (unpaired) electrons. The first-order valence-corrected chi connectivity index (χ1v) is 10.00. The lowest BCUT2D eigenvalue weighted by atomic mass is 10.1. The summed E-state index contributed by atoms with van der Waals surface area (Å²) in [5.41, 5.74) is 8.63. The first-order valence-electron chi connectivity index (χ1n) is 10.00. The van der Waals surface area contributed by atoms with Crippen LogP contribution in [0.5, 0.6) is 0 Å². The molecule has 1 heterocycles. The zero-order valence-corrected chi connectivity index (χ0v) is 16.8. The number of rotatable bonds is 6. The number of nitrogen functional groups attached to an aromatic ring is 1. The minimum atomic E-state index is -0.307. The van der Waals surface area contributed by atoms with Gasteiger partial charge in [-0.3, -0.25) is 19.4 Å². The molecule has 0 aliphatic carbocycles. The van der Waals surface area contributed by atoms with Crippen LogP contribution in [0.2, 0.25) is 0 Å². The molecule has 0 unspecified atom stereocenters. The lowest BCUT2D eigenvalue weighted by Crippen LogP contribution is -2.39. The van der Waals surface area contributed by atoms with E-state index in [0.717, 1.165) is 0 Å². The van der Waals surface area contributed by atoms with Gasteiger partial charge >= 0.3 is 6.03 Å². The number of benzene rings is 3. The van der Waals surface area contributed by atoms with Gasteiger partial charge in [0.2, 0.25) is 0 Å². The third-order valence-corrected chi connectivity index (χ3v) is 5.08. The Morgan fingerprint density at radius 2 is 1.35 bits per heavy atom. The summed E-state index contributed by atoms with van der Waals surface area (Å²) in [7, 11) is 0. The smallest absolute Gasteiger partial charge is 0.326 e. The molecular formula is C24H22N4O3. The number of hydrogen-bond donors (Lipinski definition) is 2. The van der Waals surface area contributed by atoms with E-state index in [-0.39, 0.29) is 24.4 Å². The molecule has 156 valence electrons. The number of urea groups is 1. The molecule has 4 amide bonds. The van der Waals surface area contributed by atoms with Gasteiger partial charge in [0.1, 0.15) is 0 Å². The Balaban J connectivity index is 1.39. The molecule has 0 saturated carbocycles. The molecule has 0 aromatic heterocycles. The number of hydrogen-bond acceptors (Lipinski definition) is 4. The van der Waals surface area contributed by atoms with E-state index in [4.69, 9.17) is 5.73 Å². The molecule has 7 nitrogen and oxygen atoms in total. The van der Waals surface area contributed by atoms with Crippen molar-refractivity contribution in [3.05, 3.63) is 90.0 Å². The number of carbonyl (C=O) groups is 3. The fourth-order valence-corrected chi connectivity index (χ4v) is 3.54. The zero-order chi connectivity index (χ0) is 21.8. The Hall–Kier alpha value is -4.13. The number of fused-ring (bicyclic) bond motifs is 1. The van der Waals surface area contributed by atoms with Gasteiger partial charge in [-0.1, -0.05) is 30.3 Å². The number of carbonyl (C=O) groups excluding carboxylic acids is 3.